The fourth-order valence-electron chi connectivity index (χ4n) is 4.04. The minimum Gasteiger partial charge on any atom is -0.313 e. The van der Waals surface area contributed by atoms with Gasteiger partial charge in [0.1, 0.15) is 0 Å². The van der Waals surface area contributed by atoms with E-state index in [1.165, 1.54) is 57.9 Å². The van der Waals surface area contributed by atoms with E-state index in [-0.39, 0.29) is 0 Å². The Kier molecular flexibility index (Phi) is 5.54. The lowest BCUT2D eigenvalue weighted by molar-refractivity contribution is 0.164. The highest BCUT2D eigenvalue weighted by Crippen LogP contribution is 2.43. The molecule has 4 unspecified atom stereocenters. The van der Waals surface area contributed by atoms with Gasteiger partial charge in [0, 0.05) is 6.04 Å². The summed E-state index contributed by atoms with van der Waals surface area (Å²) in [5.74, 6) is 3.94. The third kappa shape index (κ3) is 3.73. The molecule has 2 aliphatic carbocycles. The molecule has 1 nitrogen and oxygen atoms in total. The van der Waals surface area contributed by atoms with E-state index >= 15 is 0 Å². The van der Waals surface area contributed by atoms with Gasteiger partial charge in [-0.1, -0.05) is 40.0 Å². The highest BCUT2D eigenvalue weighted by molar-refractivity contribution is 4.92. The largest absolute Gasteiger partial charge is 0.313 e. The number of hydrogen-bond donors (Lipinski definition) is 1. The van der Waals surface area contributed by atoms with Gasteiger partial charge < -0.3 is 5.32 Å². The Bertz CT molecular complexity index is 234. The average Bonchev–Trinajstić information content (AvgIpc) is 3.23. The lowest BCUT2D eigenvalue weighted by Crippen LogP contribution is -2.44. The zero-order valence-electron chi connectivity index (χ0n) is 12.8. The van der Waals surface area contributed by atoms with Gasteiger partial charge in [0.15, 0.2) is 0 Å². The molecule has 2 aliphatic rings. The fraction of sp³-hybridized carbons (Fsp3) is 1.00. The Balaban J connectivity index is 1.92. The Morgan fingerprint density at radius 1 is 1.06 bits per heavy atom. The number of nitrogens with one attached hydrogen (secondary N) is 1. The predicted octanol–water partition coefficient (Wildman–Crippen LogP) is 4.62. The summed E-state index contributed by atoms with van der Waals surface area (Å²) >= 11 is 0. The summed E-state index contributed by atoms with van der Waals surface area (Å²) in [4.78, 5) is 0. The summed E-state index contributed by atoms with van der Waals surface area (Å²) in [6, 6.07) is 0.812. The first-order valence-electron chi connectivity index (χ1n) is 8.49. The molecule has 0 aliphatic heterocycles. The van der Waals surface area contributed by atoms with Crippen molar-refractivity contribution in [1.82, 2.24) is 5.32 Å². The smallest absolute Gasteiger partial charge is 0.0124 e. The summed E-state index contributed by atoms with van der Waals surface area (Å²) in [5, 5.41) is 3.90. The molecule has 0 saturated heterocycles. The van der Waals surface area contributed by atoms with Crippen LogP contribution in [-0.4, -0.2) is 12.6 Å². The van der Waals surface area contributed by atoms with E-state index in [0.29, 0.717) is 0 Å². The van der Waals surface area contributed by atoms with Crippen LogP contribution in [-0.2, 0) is 0 Å². The van der Waals surface area contributed by atoms with Gasteiger partial charge in [-0.15, -0.1) is 0 Å². The van der Waals surface area contributed by atoms with Crippen molar-refractivity contribution in [3.63, 3.8) is 0 Å². The van der Waals surface area contributed by atoms with Crippen LogP contribution in [0.4, 0.5) is 0 Å². The first-order valence-corrected chi connectivity index (χ1v) is 8.49. The monoisotopic (exact) mass is 251 g/mol. The van der Waals surface area contributed by atoms with Crippen molar-refractivity contribution in [2.75, 3.05) is 6.54 Å². The maximum absolute atomic E-state index is 3.90. The molecule has 106 valence electrons. The van der Waals surface area contributed by atoms with Crippen molar-refractivity contribution in [3.8, 4) is 0 Å². The normalized spacial score (nSPS) is 32.2. The van der Waals surface area contributed by atoms with E-state index in [0.717, 1.165) is 29.7 Å². The lowest BCUT2D eigenvalue weighted by Gasteiger charge is -2.38. The van der Waals surface area contributed by atoms with Crippen molar-refractivity contribution < 1.29 is 0 Å². The van der Waals surface area contributed by atoms with Crippen LogP contribution in [0, 0.1) is 23.7 Å². The molecule has 4 atom stereocenters. The van der Waals surface area contributed by atoms with Gasteiger partial charge in [-0.05, 0) is 62.3 Å². The molecule has 18 heavy (non-hydrogen) atoms. The van der Waals surface area contributed by atoms with Crippen molar-refractivity contribution >= 4 is 0 Å². The molecule has 0 radical (unpaired) electrons. The summed E-state index contributed by atoms with van der Waals surface area (Å²) < 4.78 is 0. The van der Waals surface area contributed by atoms with E-state index in [2.05, 4.69) is 26.1 Å². The molecule has 1 heteroatoms. The Morgan fingerprint density at radius 2 is 1.83 bits per heavy atom. The first kappa shape index (κ1) is 14.4. The maximum atomic E-state index is 3.90. The van der Waals surface area contributed by atoms with Crippen LogP contribution in [0.3, 0.4) is 0 Å². The molecule has 0 amide bonds. The van der Waals surface area contributed by atoms with Gasteiger partial charge in [0.2, 0.25) is 0 Å². The number of rotatable bonds is 7. The minimum atomic E-state index is 0.812. The highest BCUT2D eigenvalue weighted by Gasteiger charge is 2.37. The Morgan fingerprint density at radius 3 is 2.44 bits per heavy atom. The van der Waals surface area contributed by atoms with Crippen LogP contribution in [0.25, 0.3) is 0 Å². The van der Waals surface area contributed by atoms with Gasteiger partial charge in [-0.25, -0.2) is 0 Å². The van der Waals surface area contributed by atoms with E-state index in [4.69, 9.17) is 0 Å². The van der Waals surface area contributed by atoms with Gasteiger partial charge in [0.05, 0.1) is 0 Å². The molecular formula is C17H33N. The minimum absolute atomic E-state index is 0.812. The summed E-state index contributed by atoms with van der Waals surface area (Å²) in [5.41, 5.74) is 0. The molecule has 0 heterocycles. The molecule has 0 spiro atoms. The SMILES string of the molecule is CCCNC(C1CCCC(CC)C1)C(C)C1CC1. The molecule has 0 aromatic carbocycles. The van der Waals surface area contributed by atoms with Crippen molar-refractivity contribution in [3.05, 3.63) is 0 Å². The highest BCUT2D eigenvalue weighted by atomic mass is 14.9. The molecule has 0 aromatic heterocycles. The van der Waals surface area contributed by atoms with Gasteiger partial charge in [0.25, 0.3) is 0 Å². The van der Waals surface area contributed by atoms with Crippen molar-refractivity contribution in [2.45, 2.75) is 78.2 Å². The zero-order valence-corrected chi connectivity index (χ0v) is 12.8. The Hall–Kier alpha value is -0.0400. The van der Waals surface area contributed by atoms with E-state index in [1.54, 1.807) is 0 Å². The molecule has 0 bridgehead atoms. The molecule has 2 fully saturated rings. The molecule has 0 aromatic rings. The average molecular weight is 251 g/mol. The predicted molar refractivity (Wildman–Crippen MR) is 79.7 cm³/mol. The summed E-state index contributed by atoms with van der Waals surface area (Å²) in [6.45, 7) is 8.41. The maximum Gasteiger partial charge on any atom is 0.0124 e. The van der Waals surface area contributed by atoms with Crippen LogP contribution in [0.15, 0.2) is 0 Å². The quantitative estimate of drug-likeness (QED) is 0.696. The zero-order chi connectivity index (χ0) is 13.0. The van der Waals surface area contributed by atoms with E-state index in [9.17, 15) is 0 Å². The van der Waals surface area contributed by atoms with Crippen LogP contribution >= 0.6 is 0 Å². The second-order valence-electron chi connectivity index (χ2n) is 6.88. The third-order valence-electron chi connectivity index (χ3n) is 5.47. The summed E-state index contributed by atoms with van der Waals surface area (Å²) in [7, 11) is 0. The topological polar surface area (TPSA) is 12.0 Å². The van der Waals surface area contributed by atoms with E-state index < -0.39 is 0 Å². The molecule has 1 N–H and O–H groups in total. The van der Waals surface area contributed by atoms with Gasteiger partial charge in [-0.3, -0.25) is 0 Å². The van der Waals surface area contributed by atoms with Crippen molar-refractivity contribution in [2.24, 2.45) is 23.7 Å². The second-order valence-corrected chi connectivity index (χ2v) is 6.88. The second kappa shape index (κ2) is 6.93. The van der Waals surface area contributed by atoms with E-state index in [1.807, 2.05) is 0 Å². The van der Waals surface area contributed by atoms with Crippen LogP contribution < -0.4 is 5.32 Å². The van der Waals surface area contributed by atoms with Gasteiger partial charge >= 0.3 is 0 Å². The van der Waals surface area contributed by atoms with Gasteiger partial charge in [-0.2, -0.15) is 0 Å². The fourth-order valence-corrected chi connectivity index (χ4v) is 4.04. The molecule has 2 rings (SSSR count). The number of hydrogen-bond acceptors (Lipinski definition) is 1. The Labute approximate surface area is 114 Å². The van der Waals surface area contributed by atoms with Crippen LogP contribution in [0.5, 0.6) is 0 Å². The molecular weight excluding hydrogens is 218 g/mol. The van der Waals surface area contributed by atoms with Crippen LogP contribution in [0.2, 0.25) is 0 Å². The molecule has 2 saturated carbocycles. The third-order valence-corrected chi connectivity index (χ3v) is 5.47. The standard InChI is InChI=1S/C17H33N/c1-4-11-18-17(13(3)15-9-10-15)16-8-6-7-14(5-2)12-16/h13-18H,4-12H2,1-3H3. The first-order chi connectivity index (χ1) is 8.76. The summed E-state index contributed by atoms with van der Waals surface area (Å²) in [6.07, 6.45) is 11.6. The van der Waals surface area contributed by atoms with Crippen molar-refractivity contribution in [1.29, 1.82) is 0 Å². The lowest BCUT2D eigenvalue weighted by atomic mass is 9.73. The van der Waals surface area contributed by atoms with Crippen LogP contribution in [0.1, 0.15) is 72.1 Å².